The maximum absolute atomic E-state index is 13.3. The molecule has 1 aliphatic heterocycles. The number of sulfone groups is 1. The molecule has 1 saturated heterocycles. The summed E-state index contributed by atoms with van der Waals surface area (Å²) in [6.45, 7) is 3.60. The predicted molar refractivity (Wildman–Crippen MR) is 130 cm³/mol. The average Bonchev–Trinajstić information content (AvgIpc) is 3.48. The van der Waals surface area contributed by atoms with Gasteiger partial charge in [0.1, 0.15) is 0 Å². The maximum Gasteiger partial charge on any atom is 0.254 e. The number of hydrogen-bond donors (Lipinski definition) is 0. The van der Waals surface area contributed by atoms with Crippen LogP contribution in [0.5, 0.6) is 0 Å². The molecule has 180 valence electrons. The molecule has 0 spiro atoms. The Bertz CT molecular complexity index is 1240. The summed E-state index contributed by atoms with van der Waals surface area (Å²) >= 11 is 6.07. The zero-order chi connectivity index (χ0) is 24.1. The highest BCUT2D eigenvalue weighted by atomic mass is 35.5. The lowest BCUT2D eigenvalue weighted by Gasteiger charge is -2.23. The van der Waals surface area contributed by atoms with E-state index >= 15 is 0 Å². The molecule has 3 aromatic rings. The van der Waals surface area contributed by atoms with Crippen molar-refractivity contribution < 1.29 is 17.9 Å². The van der Waals surface area contributed by atoms with Gasteiger partial charge in [0.05, 0.1) is 36.8 Å². The minimum absolute atomic E-state index is 0.00751. The third-order valence-corrected chi connectivity index (χ3v) is 7.71. The largest absolute Gasteiger partial charge is 0.376 e. The van der Waals surface area contributed by atoms with Gasteiger partial charge in [-0.15, -0.1) is 0 Å². The molecule has 0 aliphatic carbocycles. The number of halogens is 1. The van der Waals surface area contributed by atoms with E-state index in [1.807, 2.05) is 25.1 Å². The van der Waals surface area contributed by atoms with Gasteiger partial charge >= 0.3 is 0 Å². The summed E-state index contributed by atoms with van der Waals surface area (Å²) in [7, 11) is -3.71. The van der Waals surface area contributed by atoms with Crippen LogP contribution in [0.4, 0.5) is 0 Å². The van der Waals surface area contributed by atoms with Crippen LogP contribution in [0.25, 0.3) is 0 Å². The first kappa shape index (κ1) is 24.4. The molecular formula is C25H28ClN3O4S. The van der Waals surface area contributed by atoms with Gasteiger partial charge in [0.15, 0.2) is 0 Å². The normalized spacial score (nSPS) is 16.0. The van der Waals surface area contributed by atoms with E-state index in [1.165, 1.54) is 0 Å². The van der Waals surface area contributed by atoms with Gasteiger partial charge in [0.25, 0.3) is 5.91 Å². The SMILES string of the molecule is CCN(Cc1cnc(S(=O)(=O)Cc2ccccc2)n1C[C@@H]1CCCO1)C(=O)c1cccc(Cl)c1. The highest BCUT2D eigenvalue weighted by Crippen LogP contribution is 2.23. The van der Waals surface area contributed by atoms with Crippen molar-refractivity contribution in [1.29, 1.82) is 0 Å². The molecule has 1 amide bonds. The third kappa shape index (κ3) is 5.68. The van der Waals surface area contributed by atoms with Gasteiger partial charge in [0.2, 0.25) is 15.0 Å². The highest BCUT2D eigenvalue weighted by Gasteiger charge is 2.28. The lowest BCUT2D eigenvalue weighted by molar-refractivity contribution is 0.0741. The zero-order valence-electron chi connectivity index (χ0n) is 19.1. The molecule has 1 aromatic heterocycles. The molecule has 0 N–H and O–H groups in total. The summed E-state index contributed by atoms with van der Waals surface area (Å²) in [5.41, 5.74) is 1.83. The number of ether oxygens (including phenoxy) is 1. The van der Waals surface area contributed by atoms with Crippen LogP contribution in [0.15, 0.2) is 66.0 Å². The Labute approximate surface area is 205 Å². The van der Waals surface area contributed by atoms with E-state index in [0.717, 1.165) is 12.8 Å². The minimum Gasteiger partial charge on any atom is -0.376 e. The van der Waals surface area contributed by atoms with Crippen LogP contribution in [0.3, 0.4) is 0 Å². The van der Waals surface area contributed by atoms with Gasteiger partial charge in [0, 0.05) is 23.7 Å². The molecule has 2 heterocycles. The van der Waals surface area contributed by atoms with Crippen molar-refractivity contribution in [2.45, 2.75) is 49.9 Å². The lowest BCUT2D eigenvalue weighted by atomic mass is 10.2. The molecule has 9 heteroatoms. The topological polar surface area (TPSA) is 81.5 Å². The van der Waals surface area contributed by atoms with Gasteiger partial charge in [-0.3, -0.25) is 4.79 Å². The van der Waals surface area contributed by atoms with Gasteiger partial charge < -0.3 is 14.2 Å². The summed E-state index contributed by atoms with van der Waals surface area (Å²) in [6.07, 6.45) is 3.27. The number of amides is 1. The first-order valence-corrected chi connectivity index (χ1v) is 13.4. The van der Waals surface area contributed by atoms with Crippen LogP contribution >= 0.6 is 11.6 Å². The van der Waals surface area contributed by atoms with E-state index in [0.29, 0.717) is 41.5 Å². The van der Waals surface area contributed by atoms with Crippen molar-refractivity contribution in [3.8, 4) is 0 Å². The second-order valence-electron chi connectivity index (χ2n) is 8.35. The third-order valence-electron chi connectivity index (χ3n) is 5.88. The summed E-state index contributed by atoms with van der Waals surface area (Å²) in [5.74, 6) is -0.321. The van der Waals surface area contributed by atoms with Crippen molar-refractivity contribution in [2.75, 3.05) is 13.2 Å². The molecule has 1 atom stereocenters. The first-order valence-electron chi connectivity index (χ1n) is 11.3. The molecule has 1 fully saturated rings. The number of hydrogen-bond acceptors (Lipinski definition) is 5. The van der Waals surface area contributed by atoms with Crippen LogP contribution in [0.2, 0.25) is 5.02 Å². The molecule has 2 aromatic carbocycles. The zero-order valence-corrected chi connectivity index (χ0v) is 20.6. The molecule has 7 nitrogen and oxygen atoms in total. The molecule has 0 radical (unpaired) electrons. The molecule has 0 unspecified atom stereocenters. The summed E-state index contributed by atoms with van der Waals surface area (Å²) in [6, 6.07) is 15.9. The van der Waals surface area contributed by atoms with Gasteiger partial charge in [-0.25, -0.2) is 13.4 Å². The van der Waals surface area contributed by atoms with E-state index in [2.05, 4.69) is 4.98 Å². The summed E-state index contributed by atoms with van der Waals surface area (Å²) in [5, 5.41) is 0.493. The summed E-state index contributed by atoms with van der Waals surface area (Å²) < 4.78 is 34.2. The van der Waals surface area contributed by atoms with Crippen molar-refractivity contribution in [1.82, 2.24) is 14.5 Å². The monoisotopic (exact) mass is 501 g/mol. The maximum atomic E-state index is 13.3. The van der Waals surface area contributed by atoms with Crippen molar-refractivity contribution in [3.05, 3.63) is 82.6 Å². The first-order chi connectivity index (χ1) is 16.4. The minimum atomic E-state index is -3.71. The van der Waals surface area contributed by atoms with Crippen LogP contribution in [0, 0.1) is 0 Å². The van der Waals surface area contributed by atoms with Crippen LogP contribution in [-0.4, -0.2) is 48.0 Å². The number of benzene rings is 2. The van der Waals surface area contributed by atoms with E-state index < -0.39 is 9.84 Å². The van der Waals surface area contributed by atoms with Crippen molar-refractivity contribution in [2.24, 2.45) is 0 Å². The molecule has 1 aliphatic rings. The smallest absolute Gasteiger partial charge is 0.254 e. The van der Waals surface area contributed by atoms with E-state index in [-0.39, 0.29) is 29.5 Å². The fourth-order valence-corrected chi connectivity index (χ4v) is 5.83. The number of carbonyl (C=O) groups is 1. The lowest BCUT2D eigenvalue weighted by Crippen LogP contribution is -2.32. The Morgan fingerprint density at radius 1 is 1.21 bits per heavy atom. The van der Waals surface area contributed by atoms with Crippen molar-refractivity contribution >= 4 is 27.3 Å². The fraction of sp³-hybridized carbons (Fsp3) is 0.360. The Morgan fingerprint density at radius 3 is 2.68 bits per heavy atom. The highest BCUT2D eigenvalue weighted by molar-refractivity contribution is 7.90. The second kappa shape index (κ2) is 10.7. The average molecular weight is 502 g/mol. The molecule has 0 saturated carbocycles. The van der Waals surface area contributed by atoms with Crippen LogP contribution in [-0.2, 0) is 33.4 Å². The molecule has 4 rings (SSSR count). The molecule has 0 bridgehead atoms. The molecule has 34 heavy (non-hydrogen) atoms. The Hall–Kier alpha value is -2.68. The second-order valence-corrected chi connectivity index (χ2v) is 10.7. The number of imidazole rings is 1. The van der Waals surface area contributed by atoms with Gasteiger partial charge in [-0.2, -0.15) is 0 Å². The Kier molecular flexibility index (Phi) is 7.70. The number of carbonyl (C=O) groups excluding carboxylic acids is 1. The fourth-order valence-electron chi connectivity index (χ4n) is 4.14. The van der Waals surface area contributed by atoms with Crippen LogP contribution in [0.1, 0.15) is 41.4 Å². The Morgan fingerprint density at radius 2 is 2.00 bits per heavy atom. The quantitative estimate of drug-likeness (QED) is 0.435. The van der Waals surface area contributed by atoms with Gasteiger partial charge in [-0.1, -0.05) is 48.0 Å². The van der Waals surface area contributed by atoms with E-state index in [9.17, 15) is 13.2 Å². The number of nitrogens with zero attached hydrogens (tertiary/aromatic N) is 3. The predicted octanol–water partition coefficient (Wildman–Crippen LogP) is 4.35. The summed E-state index contributed by atoms with van der Waals surface area (Å²) in [4.78, 5) is 19.1. The van der Waals surface area contributed by atoms with E-state index in [4.69, 9.17) is 16.3 Å². The molecular weight excluding hydrogens is 474 g/mol. The van der Waals surface area contributed by atoms with E-state index in [1.54, 1.807) is 52.1 Å². The number of rotatable bonds is 9. The standard InChI is InChI=1S/C25H28ClN3O4S/c1-2-28(24(30)20-10-6-11-21(26)14-20)16-22-15-27-25(29(22)17-23-12-7-13-33-23)34(31,32)18-19-8-4-3-5-9-19/h3-6,8-11,14-15,23H,2,7,12-13,16-18H2,1H3/t23-/m0/s1. The van der Waals surface area contributed by atoms with Crippen molar-refractivity contribution in [3.63, 3.8) is 0 Å². The Balaban J connectivity index is 1.65. The van der Waals surface area contributed by atoms with Gasteiger partial charge in [-0.05, 0) is 43.5 Å². The van der Waals surface area contributed by atoms with Crippen LogP contribution < -0.4 is 0 Å². The number of aromatic nitrogens is 2.